The summed E-state index contributed by atoms with van der Waals surface area (Å²) in [5.74, 6) is -2.15. The molecule has 144 valence electrons. The molecule has 0 amide bonds. The molecule has 0 rings (SSSR count). The van der Waals surface area contributed by atoms with Crippen molar-refractivity contribution in [1.29, 1.82) is 0 Å². The van der Waals surface area contributed by atoms with Gasteiger partial charge in [0, 0.05) is 25.0 Å². The van der Waals surface area contributed by atoms with Crippen LogP contribution in [0.4, 0.5) is 0 Å². The average molecular weight is 356 g/mol. The molecule has 0 aromatic rings. The average Bonchev–Trinajstić information content (AvgIpc) is 2.58. The number of esters is 2. The molecule has 0 bridgehead atoms. The first-order chi connectivity index (χ1) is 12.1. The van der Waals surface area contributed by atoms with Crippen molar-refractivity contribution in [2.45, 2.75) is 77.6 Å². The number of aliphatic carboxylic acids is 1. The lowest BCUT2D eigenvalue weighted by molar-refractivity contribution is -0.145. The lowest BCUT2D eigenvalue weighted by Crippen LogP contribution is -2.09. The van der Waals surface area contributed by atoms with Crippen LogP contribution in [0, 0.1) is 0 Å². The number of hydrogen-bond acceptors (Lipinski definition) is 5. The number of carbonyl (C=O) groups is 3. The van der Waals surface area contributed by atoms with E-state index in [9.17, 15) is 14.4 Å². The first kappa shape index (κ1) is 23.1. The lowest BCUT2D eigenvalue weighted by atomic mass is 10.1. The Morgan fingerprint density at radius 1 is 0.760 bits per heavy atom. The number of carbonyl (C=O) groups excluding carboxylic acids is 2. The third kappa shape index (κ3) is 18.3. The van der Waals surface area contributed by atoms with E-state index in [4.69, 9.17) is 14.6 Å². The van der Waals surface area contributed by atoms with E-state index >= 15 is 0 Å². The van der Waals surface area contributed by atoms with Crippen molar-refractivity contribution in [3.63, 3.8) is 0 Å². The smallest absolute Gasteiger partial charge is 0.331 e. The largest absolute Gasteiger partial charge is 0.478 e. The molecule has 0 aliphatic rings. The molecule has 0 heterocycles. The zero-order valence-electron chi connectivity index (χ0n) is 15.3. The molecule has 0 saturated carbocycles. The Balaban J connectivity index is 3.36. The van der Waals surface area contributed by atoms with Gasteiger partial charge in [0.2, 0.25) is 0 Å². The van der Waals surface area contributed by atoms with Crippen molar-refractivity contribution in [2.24, 2.45) is 0 Å². The fraction of sp³-hybridized carbons (Fsp3) is 0.737. The molecule has 0 aromatic carbocycles. The second kappa shape index (κ2) is 17.0. The topological polar surface area (TPSA) is 89.9 Å². The van der Waals surface area contributed by atoms with E-state index in [0.717, 1.165) is 18.9 Å². The van der Waals surface area contributed by atoms with E-state index in [2.05, 4.69) is 6.92 Å². The van der Waals surface area contributed by atoms with Gasteiger partial charge in [-0.3, -0.25) is 4.79 Å². The lowest BCUT2D eigenvalue weighted by Gasteiger charge is -2.05. The third-order valence-corrected chi connectivity index (χ3v) is 3.64. The highest BCUT2D eigenvalue weighted by Gasteiger charge is 2.03. The van der Waals surface area contributed by atoms with Gasteiger partial charge in [0.25, 0.3) is 0 Å². The summed E-state index contributed by atoms with van der Waals surface area (Å²) in [4.78, 5) is 32.8. The molecule has 6 nitrogen and oxygen atoms in total. The summed E-state index contributed by atoms with van der Waals surface area (Å²) in [6.45, 7) is 2.51. The number of carboxylic acids is 1. The van der Waals surface area contributed by atoms with E-state index in [0.29, 0.717) is 18.9 Å². The Kier molecular flexibility index (Phi) is 15.7. The molecule has 0 saturated heterocycles. The van der Waals surface area contributed by atoms with Crippen molar-refractivity contribution < 1.29 is 29.0 Å². The van der Waals surface area contributed by atoms with Gasteiger partial charge in [0.15, 0.2) is 0 Å². The van der Waals surface area contributed by atoms with Crippen LogP contribution in [-0.4, -0.2) is 36.2 Å². The summed E-state index contributed by atoms with van der Waals surface area (Å²) in [6.07, 6.45) is 13.2. The Morgan fingerprint density at radius 3 is 1.92 bits per heavy atom. The van der Waals surface area contributed by atoms with Gasteiger partial charge >= 0.3 is 17.9 Å². The Labute approximate surface area is 150 Å². The first-order valence-electron chi connectivity index (χ1n) is 9.29. The molecule has 0 aliphatic heterocycles. The molecule has 0 radical (unpaired) electrons. The van der Waals surface area contributed by atoms with Gasteiger partial charge in [0.1, 0.15) is 0 Å². The fourth-order valence-corrected chi connectivity index (χ4v) is 2.26. The zero-order valence-corrected chi connectivity index (χ0v) is 15.3. The van der Waals surface area contributed by atoms with E-state index in [-0.39, 0.29) is 19.2 Å². The molecule has 0 spiro atoms. The van der Waals surface area contributed by atoms with E-state index in [1.54, 1.807) is 0 Å². The molecular weight excluding hydrogens is 324 g/mol. The summed E-state index contributed by atoms with van der Waals surface area (Å²) >= 11 is 0. The number of unbranched alkanes of at least 4 members (excludes halogenated alkanes) is 8. The molecule has 25 heavy (non-hydrogen) atoms. The van der Waals surface area contributed by atoms with Crippen LogP contribution in [-0.2, 0) is 23.9 Å². The van der Waals surface area contributed by atoms with Gasteiger partial charge in [-0.15, -0.1) is 0 Å². The molecule has 0 fully saturated rings. The second-order valence-electron chi connectivity index (χ2n) is 5.99. The van der Waals surface area contributed by atoms with Crippen molar-refractivity contribution in [1.82, 2.24) is 0 Å². The van der Waals surface area contributed by atoms with Crippen molar-refractivity contribution >= 4 is 17.9 Å². The molecular formula is C19H32O6. The van der Waals surface area contributed by atoms with Crippen LogP contribution in [0.1, 0.15) is 77.6 Å². The normalized spacial score (nSPS) is 10.8. The summed E-state index contributed by atoms with van der Waals surface area (Å²) < 4.78 is 9.81. The molecule has 0 aromatic heterocycles. The van der Waals surface area contributed by atoms with Crippen LogP contribution in [0.3, 0.4) is 0 Å². The van der Waals surface area contributed by atoms with Gasteiger partial charge in [0.05, 0.1) is 13.2 Å². The van der Waals surface area contributed by atoms with Crippen LogP contribution in [0.2, 0.25) is 0 Å². The first-order valence-corrected chi connectivity index (χ1v) is 9.29. The molecule has 0 aliphatic carbocycles. The highest BCUT2D eigenvalue weighted by atomic mass is 16.5. The van der Waals surface area contributed by atoms with Gasteiger partial charge in [-0.1, -0.05) is 58.3 Å². The summed E-state index contributed by atoms with van der Waals surface area (Å²) in [6, 6.07) is 0. The number of carboxylic acid groups (broad SMARTS) is 1. The minimum absolute atomic E-state index is 0.0914. The monoisotopic (exact) mass is 356 g/mol. The number of rotatable bonds is 16. The molecule has 6 heteroatoms. The van der Waals surface area contributed by atoms with Crippen molar-refractivity contribution in [3.05, 3.63) is 12.2 Å². The number of ether oxygens (including phenoxy) is 2. The Morgan fingerprint density at radius 2 is 1.32 bits per heavy atom. The van der Waals surface area contributed by atoms with Crippen molar-refractivity contribution in [2.75, 3.05) is 13.2 Å². The minimum Gasteiger partial charge on any atom is -0.478 e. The van der Waals surface area contributed by atoms with Gasteiger partial charge in [-0.05, 0) is 6.42 Å². The Hall–Kier alpha value is -1.85. The second-order valence-corrected chi connectivity index (χ2v) is 5.99. The Bertz CT molecular complexity index is 403. The van der Waals surface area contributed by atoms with Crippen LogP contribution in [0.5, 0.6) is 0 Å². The van der Waals surface area contributed by atoms with Crippen LogP contribution >= 0.6 is 0 Å². The summed E-state index contributed by atoms with van der Waals surface area (Å²) in [5.41, 5.74) is 0. The predicted octanol–water partition coefficient (Wildman–Crippen LogP) is 4.02. The molecule has 1 N–H and O–H groups in total. The SMILES string of the molecule is CCCCCCCCCCCC(=O)OCCCOC(=O)C=CC(=O)O. The van der Waals surface area contributed by atoms with Gasteiger partial charge < -0.3 is 14.6 Å². The standard InChI is InChI=1S/C19H32O6/c1-2-3-4-5-6-7-8-9-10-12-18(22)24-15-11-16-25-19(23)14-13-17(20)21/h13-14H,2-12,15-16H2,1H3,(H,20,21). The van der Waals surface area contributed by atoms with E-state index in [1.807, 2.05) is 0 Å². The molecule has 0 atom stereocenters. The predicted molar refractivity (Wildman–Crippen MR) is 95.2 cm³/mol. The maximum atomic E-state index is 11.5. The summed E-state index contributed by atoms with van der Waals surface area (Å²) in [5, 5.41) is 8.34. The maximum Gasteiger partial charge on any atom is 0.331 e. The van der Waals surface area contributed by atoms with Gasteiger partial charge in [-0.25, -0.2) is 9.59 Å². The van der Waals surface area contributed by atoms with E-state index in [1.165, 1.54) is 44.9 Å². The quantitative estimate of drug-likeness (QED) is 0.255. The molecule has 0 unspecified atom stereocenters. The van der Waals surface area contributed by atoms with Crippen LogP contribution in [0.25, 0.3) is 0 Å². The highest BCUT2D eigenvalue weighted by molar-refractivity contribution is 5.90. The third-order valence-electron chi connectivity index (χ3n) is 3.64. The van der Waals surface area contributed by atoms with Gasteiger partial charge in [-0.2, -0.15) is 0 Å². The van der Waals surface area contributed by atoms with E-state index < -0.39 is 11.9 Å². The van der Waals surface area contributed by atoms with Crippen molar-refractivity contribution in [3.8, 4) is 0 Å². The maximum absolute atomic E-state index is 11.5. The minimum atomic E-state index is -1.21. The highest BCUT2D eigenvalue weighted by Crippen LogP contribution is 2.10. The number of hydrogen-bond donors (Lipinski definition) is 1. The van der Waals surface area contributed by atoms with Crippen LogP contribution in [0.15, 0.2) is 12.2 Å². The fourth-order valence-electron chi connectivity index (χ4n) is 2.26. The van der Waals surface area contributed by atoms with Crippen LogP contribution < -0.4 is 0 Å². The summed E-state index contributed by atoms with van der Waals surface area (Å²) in [7, 11) is 0. The zero-order chi connectivity index (χ0) is 18.8.